The van der Waals surface area contributed by atoms with E-state index in [2.05, 4.69) is 12.0 Å². The molecule has 116 valence electrons. The van der Waals surface area contributed by atoms with Crippen LogP contribution in [-0.2, 0) is 9.47 Å². The molecule has 0 saturated heterocycles. The molecule has 1 fully saturated rings. The number of hydrogen-bond donors (Lipinski definition) is 1. The summed E-state index contributed by atoms with van der Waals surface area (Å²) in [6.07, 6.45) is 2.55. The van der Waals surface area contributed by atoms with Gasteiger partial charge < -0.3 is 14.2 Å². The molecule has 0 radical (unpaired) electrons. The van der Waals surface area contributed by atoms with Gasteiger partial charge in [-0.15, -0.1) is 0 Å². The Bertz CT molecular complexity index is 422. The van der Waals surface area contributed by atoms with Crippen molar-refractivity contribution >= 4 is 5.69 Å². The lowest BCUT2D eigenvalue weighted by Gasteiger charge is -2.08. The summed E-state index contributed by atoms with van der Waals surface area (Å²) in [5, 5.41) is 3.33. The van der Waals surface area contributed by atoms with Crippen molar-refractivity contribution in [3.63, 3.8) is 0 Å². The van der Waals surface area contributed by atoms with Gasteiger partial charge in [0, 0.05) is 6.61 Å². The van der Waals surface area contributed by atoms with Crippen LogP contribution in [0.2, 0.25) is 0 Å². The smallest absolute Gasteiger partial charge is 0.119 e. The Morgan fingerprint density at radius 2 is 1.67 bits per heavy atom. The fraction of sp³-hybridized carbons (Fsp3) is 0.625. The predicted octanol–water partition coefficient (Wildman–Crippen LogP) is 3.81. The van der Waals surface area contributed by atoms with Gasteiger partial charge in [0.1, 0.15) is 12.4 Å². The lowest BCUT2D eigenvalue weighted by molar-refractivity contribution is 0.0344. The summed E-state index contributed by atoms with van der Waals surface area (Å²) in [5.41, 5.74) is 7.49. The first-order valence-corrected chi connectivity index (χ1v) is 7.55. The molecule has 0 spiro atoms. The van der Waals surface area contributed by atoms with Crippen LogP contribution in [0.5, 0.6) is 5.75 Å². The molecule has 0 aromatic heterocycles. The van der Waals surface area contributed by atoms with E-state index < -0.39 is 0 Å². The molecule has 0 heterocycles. The van der Waals surface area contributed by atoms with Crippen LogP contribution < -0.4 is 4.74 Å². The number of nitrogens with one attached hydrogen (secondary N) is 1. The van der Waals surface area contributed by atoms with E-state index >= 15 is 0 Å². The van der Waals surface area contributed by atoms with E-state index in [0.717, 1.165) is 24.2 Å². The maximum Gasteiger partial charge on any atom is 0.119 e. The summed E-state index contributed by atoms with van der Waals surface area (Å²) in [4.78, 5) is 0. The minimum absolute atomic E-state index is 0.511. The van der Waals surface area contributed by atoms with Gasteiger partial charge in [0.25, 0.3) is 0 Å². The third-order valence-corrected chi connectivity index (χ3v) is 3.74. The Hall–Kier alpha value is -1.46. The molecule has 0 bridgehead atoms. The van der Waals surface area contributed by atoms with Gasteiger partial charge in [-0.3, -0.25) is 0 Å². The van der Waals surface area contributed by atoms with Crippen molar-refractivity contribution in [3.8, 4) is 5.75 Å². The molecule has 1 saturated carbocycles. The predicted molar refractivity (Wildman–Crippen MR) is 80.3 cm³/mol. The SMILES string of the molecule is CC1C[C@@H]1CCOCCOCCOc1ccc(N=N)cc1. The number of rotatable bonds is 11. The highest BCUT2D eigenvalue weighted by molar-refractivity contribution is 5.40. The first-order valence-electron chi connectivity index (χ1n) is 7.55. The zero-order chi connectivity index (χ0) is 14.9. The maximum absolute atomic E-state index is 6.87. The van der Waals surface area contributed by atoms with Crippen LogP contribution in [0.3, 0.4) is 0 Å². The van der Waals surface area contributed by atoms with Crippen LogP contribution in [0.25, 0.3) is 0 Å². The van der Waals surface area contributed by atoms with Gasteiger partial charge in [-0.1, -0.05) is 6.92 Å². The van der Waals surface area contributed by atoms with Crippen LogP contribution in [0.15, 0.2) is 29.4 Å². The highest BCUT2D eigenvalue weighted by Gasteiger charge is 2.31. The molecule has 0 amide bonds. The molecule has 0 aliphatic heterocycles. The summed E-state index contributed by atoms with van der Waals surface area (Å²) in [5.74, 6) is 2.57. The molecular formula is C16H24N2O3. The van der Waals surface area contributed by atoms with Crippen LogP contribution >= 0.6 is 0 Å². The van der Waals surface area contributed by atoms with Crippen molar-refractivity contribution < 1.29 is 14.2 Å². The van der Waals surface area contributed by atoms with Gasteiger partial charge in [0.05, 0.1) is 25.5 Å². The summed E-state index contributed by atoms with van der Waals surface area (Å²) in [6, 6.07) is 7.10. The molecule has 1 aliphatic carbocycles. The number of ether oxygens (including phenoxy) is 3. The highest BCUT2D eigenvalue weighted by Crippen LogP contribution is 2.40. The molecule has 1 N–H and O–H groups in total. The fourth-order valence-electron chi connectivity index (χ4n) is 2.19. The summed E-state index contributed by atoms with van der Waals surface area (Å²) in [6.45, 7) is 5.47. The molecule has 1 aromatic rings. The van der Waals surface area contributed by atoms with E-state index in [0.29, 0.717) is 32.1 Å². The second kappa shape index (κ2) is 8.74. The number of nitrogens with zero attached hydrogens (tertiary/aromatic N) is 1. The van der Waals surface area contributed by atoms with Crippen molar-refractivity contribution in [2.45, 2.75) is 19.8 Å². The topological polar surface area (TPSA) is 63.9 Å². The fourth-order valence-corrected chi connectivity index (χ4v) is 2.19. The first-order chi connectivity index (χ1) is 10.3. The summed E-state index contributed by atoms with van der Waals surface area (Å²) < 4.78 is 16.5. The van der Waals surface area contributed by atoms with Crippen molar-refractivity contribution in [2.24, 2.45) is 17.0 Å². The van der Waals surface area contributed by atoms with Gasteiger partial charge in [0.15, 0.2) is 0 Å². The Labute approximate surface area is 126 Å². The molecule has 5 heteroatoms. The van der Waals surface area contributed by atoms with E-state index in [1.54, 1.807) is 24.3 Å². The quantitative estimate of drug-likeness (QED) is 0.498. The average Bonchev–Trinajstić information content (AvgIpc) is 3.21. The molecule has 1 aliphatic rings. The molecule has 2 atom stereocenters. The van der Waals surface area contributed by atoms with Crippen LogP contribution in [-0.4, -0.2) is 33.0 Å². The van der Waals surface area contributed by atoms with Gasteiger partial charge in [-0.25, -0.2) is 5.53 Å². The number of benzene rings is 1. The summed E-state index contributed by atoms with van der Waals surface area (Å²) in [7, 11) is 0. The number of hydrogen-bond acceptors (Lipinski definition) is 5. The second-order valence-corrected chi connectivity index (χ2v) is 5.44. The van der Waals surface area contributed by atoms with Crippen LogP contribution in [0, 0.1) is 17.4 Å². The molecular weight excluding hydrogens is 268 g/mol. The zero-order valence-corrected chi connectivity index (χ0v) is 12.6. The van der Waals surface area contributed by atoms with Crippen molar-refractivity contribution in [1.29, 1.82) is 5.53 Å². The van der Waals surface area contributed by atoms with Crippen molar-refractivity contribution in [3.05, 3.63) is 24.3 Å². The molecule has 5 nitrogen and oxygen atoms in total. The average molecular weight is 292 g/mol. The Balaban J connectivity index is 1.40. The van der Waals surface area contributed by atoms with E-state index in [9.17, 15) is 0 Å². The Kier molecular flexibility index (Phi) is 6.63. The largest absolute Gasteiger partial charge is 0.491 e. The normalized spacial score (nSPS) is 20.2. The van der Waals surface area contributed by atoms with Crippen LogP contribution in [0.1, 0.15) is 19.8 Å². The van der Waals surface area contributed by atoms with Crippen molar-refractivity contribution in [1.82, 2.24) is 0 Å². The Morgan fingerprint density at radius 3 is 2.29 bits per heavy atom. The third kappa shape index (κ3) is 6.23. The van der Waals surface area contributed by atoms with E-state index in [1.807, 2.05) is 0 Å². The molecule has 21 heavy (non-hydrogen) atoms. The molecule has 1 unspecified atom stereocenters. The third-order valence-electron chi connectivity index (χ3n) is 3.74. The Morgan fingerprint density at radius 1 is 1.05 bits per heavy atom. The van der Waals surface area contributed by atoms with E-state index in [4.69, 9.17) is 19.7 Å². The minimum Gasteiger partial charge on any atom is -0.491 e. The van der Waals surface area contributed by atoms with Gasteiger partial charge in [-0.05, 0) is 48.9 Å². The summed E-state index contributed by atoms with van der Waals surface area (Å²) >= 11 is 0. The monoisotopic (exact) mass is 292 g/mol. The molecule has 1 aromatic carbocycles. The standard InChI is InChI=1S/C16H24N2O3/c1-13-12-14(13)6-7-19-8-9-20-10-11-21-16-4-2-15(18-17)3-5-16/h2-5,13-14,17H,6-12H2,1H3/t13?,14-/m0/s1. The van der Waals surface area contributed by atoms with Gasteiger partial charge in [0.2, 0.25) is 0 Å². The maximum atomic E-state index is 6.87. The molecule has 2 rings (SSSR count). The second-order valence-electron chi connectivity index (χ2n) is 5.44. The minimum atomic E-state index is 0.511. The van der Waals surface area contributed by atoms with E-state index in [-0.39, 0.29) is 0 Å². The van der Waals surface area contributed by atoms with Crippen LogP contribution in [0.4, 0.5) is 5.69 Å². The zero-order valence-electron chi connectivity index (χ0n) is 12.6. The lowest BCUT2D eigenvalue weighted by Crippen LogP contribution is -2.11. The van der Waals surface area contributed by atoms with E-state index in [1.165, 1.54) is 12.8 Å². The first kappa shape index (κ1) is 15.9. The highest BCUT2D eigenvalue weighted by atomic mass is 16.5. The lowest BCUT2D eigenvalue weighted by atomic mass is 10.3. The van der Waals surface area contributed by atoms with Gasteiger partial charge >= 0.3 is 0 Å². The van der Waals surface area contributed by atoms with Crippen molar-refractivity contribution in [2.75, 3.05) is 33.0 Å². The van der Waals surface area contributed by atoms with Gasteiger partial charge in [-0.2, -0.15) is 5.11 Å².